The maximum absolute atomic E-state index is 12.9. The molecule has 2 aromatic carbocycles. The van der Waals surface area contributed by atoms with Gasteiger partial charge in [0.2, 0.25) is 11.8 Å². The maximum Gasteiger partial charge on any atom is 0.338 e. The van der Waals surface area contributed by atoms with Gasteiger partial charge in [-0.25, -0.2) is 9.79 Å². The quantitative estimate of drug-likeness (QED) is 0.581. The molecule has 1 unspecified atom stereocenters. The molecule has 1 aliphatic rings. The molecule has 0 spiro atoms. The second-order valence-electron chi connectivity index (χ2n) is 7.06. The molecule has 174 valence electrons. The van der Waals surface area contributed by atoms with E-state index in [1.165, 1.54) is 11.8 Å². The Bertz CT molecular complexity index is 1020. The van der Waals surface area contributed by atoms with Gasteiger partial charge in [0.05, 0.1) is 24.5 Å². The van der Waals surface area contributed by atoms with Crippen molar-refractivity contribution in [2.45, 2.75) is 32.4 Å². The van der Waals surface area contributed by atoms with Gasteiger partial charge in [-0.3, -0.25) is 14.5 Å². The number of rotatable bonds is 8. The molecule has 0 aromatic heterocycles. The van der Waals surface area contributed by atoms with E-state index in [4.69, 9.17) is 9.47 Å². The lowest BCUT2D eigenvalue weighted by atomic mass is 10.2. The standard InChI is InChI=1S/C24H27N3O5S/c1-4-27-21(28)15-20(22(29)25-17-11-13-19(14-12-17)31-5-2)33-24(27)26-18-9-7-16(8-10-18)23(30)32-6-3/h7-14,20H,4-6,15H2,1-3H3,(H,25,29). The van der Waals surface area contributed by atoms with Crippen molar-refractivity contribution in [3.05, 3.63) is 54.1 Å². The number of esters is 1. The number of nitrogens with zero attached hydrogens (tertiary/aromatic N) is 2. The molecule has 1 atom stereocenters. The minimum atomic E-state index is -0.607. The lowest BCUT2D eigenvalue weighted by Crippen LogP contribution is -2.45. The summed E-state index contributed by atoms with van der Waals surface area (Å²) < 4.78 is 10.4. The van der Waals surface area contributed by atoms with Gasteiger partial charge >= 0.3 is 5.97 Å². The van der Waals surface area contributed by atoms with Gasteiger partial charge in [-0.05, 0) is 69.3 Å². The summed E-state index contributed by atoms with van der Waals surface area (Å²) in [5, 5.41) is 2.70. The molecular weight excluding hydrogens is 442 g/mol. The van der Waals surface area contributed by atoms with Gasteiger partial charge in [-0.1, -0.05) is 11.8 Å². The highest BCUT2D eigenvalue weighted by Gasteiger charge is 2.35. The van der Waals surface area contributed by atoms with Crippen molar-refractivity contribution in [1.82, 2.24) is 4.90 Å². The summed E-state index contributed by atoms with van der Waals surface area (Å²) in [6.07, 6.45) is 0.0855. The van der Waals surface area contributed by atoms with Crippen molar-refractivity contribution >= 4 is 46.1 Å². The monoisotopic (exact) mass is 469 g/mol. The molecule has 0 radical (unpaired) electrons. The number of carbonyl (C=O) groups is 3. The van der Waals surface area contributed by atoms with Crippen molar-refractivity contribution < 1.29 is 23.9 Å². The Labute approximate surface area is 197 Å². The van der Waals surface area contributed by atoms with E-state index >= 15 is 0 Å². The first kappa shape index (κ1) is 24.3. The van der Waals surface area contributed by atoms with Crippen molar-refractivity contribution in [2.75, 3.05) is 25.1 Å². The number of aliphatic imine (C=N–C) groups is 1. The zero-order chi connectivity index (χ0) is 23.8. The van der Waals surface area contributed by atoms with Gasteiger partial charge < -0.3 is 14.8 Å². The van der Waals surface area contributed by atoms with Crippen LogP contribution in [-0.2, 0) is 14.3 Å². The van der Waals surface area contributed by atoms with E-state index in [1.54, 1.807) is 60.4 Å². The Hall–Kier alpha value is -3.33. The van der Waals surface area contributed by atoms with Crippen LogP contribution in [0.4, 0.5) is 11.4 Å². The van der Waals surface area contributed by atoms with E-state index in [2.05, 4.69) is 10.3 Å². The van der Waals surface area contributed by atoms with Crippen molar-refractivity contribution in [2.24, 2.45) is 4.99 Å². The van der Waals surface area contributed by atoms with Gasteiger partial charge in [-0.2, -0.15) is 0 Å². The van der Waals surface area contributed by atoms with E-state index in [1.807, 2.05) is 13.8 Å². The molecule has 8 nitrogen and oxygen atoms in total. The zero-order valence-electron chi connectivity index (χ0n) is 18.9. The molecule has 2 aromatic rings. The van der Waals surface area contributed by atoms with Crippen LogP contribution in [0.15, 0.2) is 53.5 Å². The average Bonchev–Trinajstić information content (AvgIpc) is 2.81. The molecule has 33 heavy (non-hydrogen) atoms. The SMILES string of the molecule is CCOC(=O)c1ccc(N=C2SC(C(=O)Nc3ccc(OCC)cc3)CC(=O)N2CC)cc1. The second-order valence-corrected chi connectivity index (χ2v) is 8.23. The Kier molecular flexibility index (Phi) is 8.48. The average molecular weight is 470 g/mol. The predicted octanol–water partition coefficient (Wildman–Crippen LogP) is 4.24. The van der Waals surface area contributed by atoms with Gasteiger partial charge in [0.25, 0.3) is 0 Å². The lowest BCUT2D eigenvalue weighted by molar-refractivity contribution is -0.129. The molecule has 2 amide bonds. The fourth-order valence-corrected chi connectivity index (χ4v) is 4.34. The summed E-state index contributed by atoms with van der Waals surface area (Å²) in [4.78, 5) is 43.5. The molecule has 1 aliphatic heterocycles. The second kappa shape index (κ2) is 11.5. The summed E-state index contributed by atoms with van der Waals surface area (Å²) in [7, 11) is 0. The van der Waals surface area contributed by atoms with Crippen LogP contribution < -0.4 is 10.1 Å². The number of thioether (sulfide) groups is 1. The van der Waals surface area contributed by atoms with Crippen molar-refractivity contribution in [1.29, 1.82) is 0 Å². The molecule has 1 heterocycles. The fraction of sp³-hybridized carbons (Fsp3) is 0.333. The first-order chi connectivity index (χ1) is 15.9. The van der Waals surface area contributed by atoms with E-state index in [9.17, 15) is 14.4 Å². The predicted molar refractivity (Wildman–Crippen MR) is 129 cm³/mol. The van der Waals surface area contributed by atoms with E-state index in [-0.39, 0.29) is 18.2 Å². The van der Waals surface area contributed by atoms with Crippen LogP contribution in [0.1, 0.15) is 37.6 Å². The summed E-state index contributed by atoms with van der Waals surface area (Å²) in [6, 6.07) is 13.7. The molecule has 0 aliphatic carbocycles. The Morgan fingerprint density at radius 1 is 1.06 bits per heavy atom. The molecule has 0 saturated carbocycles. The number of amidine groups is 1. The number of nitrogens with one attached hydrogen (secondary N) is 1. The number of benzene rings is 2. The van der Waals surface area contributed by atoms with E-state index in [0.29, 0.717) is 41.9 Å². The molecule has 1 saturated heterocycles. The van der Waals surface area contributed by atoms with Crippen LogP contribution in [0, 0.1) is 0 Å². The maximum atomic E-state index is 12.9. The number of hydrogen-bond donors (Lipinski definition) is 1. The van der Waals surface area contributed by atoms with E-state index in [0.717, 1.165) is 5.75 Å². The van der Waals surface area contributed by atoms with Crippen LogP contribution in [0.2, 0.25) is 0 Å². The normalized spacial score (nSPS) is 17.1. The van der Waals surface area contributed by atoms with Crippen LogP contribution in [-0.4, -0.2) is 52.9 Å². The number of ether oxygens (including phenoxy) is 2. The largest absolute Gasteiger partial charge is 0.494 e. The third-order valence-corrected chi connectivity index (χ3v) is 5.97. The minimum absolute atomic E-state index is 0.0855. The molecule has 9 heteroatoms. The van der Waals surface area contributed by atoms with Gasteiger partial charge in [0.1, 0.15) is 11.0 Å². The topological polar surface area (TPSA) is 97.3 Å². The highest BCUT2D eigenvalue weighted by atomic mass is 32.2. The first-order valence-electron chi connectivity index (χ1n) is 10.8. The smallest absolute Gasteiger partial charge is 0.338 e. The first-order valence-corrected chi connectivity index (χ1v) is 11.7. The van der Waals surface area contributed by atoms with Crippen LogP contribution in [0.5, 0.6) is 5.75 Å². The molecule has 3 rings (SSSR count). The Morgan fingerprint density at radius 3 is 2.36 bits per heavy atom. The van der Waals surface area contributed by atoms with Crippen molar-refractivity contribution in [3.63, 3.8) is 0 Å². The number of anilines is 1. The Balaban J connectivity index is 1.74. The van der Waals surface area contributed by atoms with Crippen LogP contribution >= 0.6 is 11.8 Å². The summed E-state index contributed by atoms with van der Waals surface area (Å²) >= 11 is 1.25. The van der Waals surface area contributed by atoms with Gasteiger partial charge in [0, 0.05) is 18.7 Å². The third kappa shape index (κ3) is 6.35. The van der Waals surface area contributed by atoms with Crippen LogP contribution in [0.25, 0.3) is 0 Å². The molecule has 0 bridgehead atoms. The zero-order valence-corrected chi connectivity index (χ0v) is 19.7. The van der Waals surface area contributed by atoms with Crippen LogP contribution in [0.3, 0.4) is 0 Å². The molecular formula is C24H27N3O5S. The minimum Gasteiger partial charge on any atom is -0.494 e. The molecule has 1 fully saturated rings. The number of hydrogen-bond acceptors (Lipinski definition) is 7. The highest BCUT2D eigenvalue weighted by Crippen LogP contribution is 2.30. The third-order valence-electron chi connectivity index (χ3n) is 4.78. The summed E-state index contributed by atoms with van der Waals surface area (Å²) in [5.74, 6) is -0.108. The lowest BCUT2D eigenvalue weighted by Gasteiger charge is -2.30. The number of carbonyl (C=O) groups excluding carboxylic acids is 3. The number of amides is 2. The van der Waals surface area contributed by atoms with Crippen molar-refractivity contribution in [3.8, 4) is 5.75 Å². The van der Waals surface area contributed by atoms with Gasteiger partial charge in [-0.15, -0.1) is 0 Å². The van der Waals surface area contributed by atoms with E-state index < -0.39 is 11.2 Å². The summed E-state index contributed by atoms with van der Waals surface area (Å²) in [6.45, 7) is 6.82. The highest BCUT2D eigenvalue weighted by molar-refractivity contribution is 8.15. The Morgan fingerprint density at radius 2 is 1.76 bits per heavy atom. The summed E-state index contributed by atoms with van der Waals surface area (Å²) in [5.41, 5.74) is 1.62. The fourth-order valence-electron chi connectivity index (χ4n) is 3.17. The van der Waals surface area contributed by atoms with Gasteiger partial charge in [0.15, 0.2) is 5.17 Å². The molecule has 1 N–H and O–H groups in total.